The third-order valence-electron chi connectivity index (χ3n) is 5.34. The summed E-state index contributed by atoms with van der Waals surface area (Å²) >= 11 is 0. The predicted molar refractivity (Wildman–Crippen MR) is 97.1 cm³/mol. The molecule has 1 unspecified atom stereocenters. The molecule has 3 fully saturated rings. The van der Waals surface area contributed by atoms with Crippen molar-refractivity contribution >= 4 is 35.8 Å². The van der Waals surface area contributed by atoms with Gasteiger partial charge < -0.3 is 20.7 Å². The topological polar surface area (TPSA) is 87.9 Å². The van der Waals surface area contributed by atoms with Crippen LogP contribution in [0.1, 0.15) is 6.92 Å². The van der Waals surface area contributed by atoms with E-state index in [2.05, 4.69) is 5.32 Å². The van der Waals surface area contributed by atoms with Crippen LogP contribution in [0.15, 0.2) is 12.1 Å². The quantitative estimate of drug-likeness (QED) is 0.791. The zero-order chi connectivity index (χ0) is 18.6. The van der Waals surface area contributed by atoms with Gasteiger partial charge in [-0.25, -0.2) is 13.6 Å². The molecule has 0 radical (unpaired) electrons. The molecule has 0 bridgehead atoms. The molecule has 7 nitrogen and oxygen atoms in total. The van der Waals surface area contributed by atoms with Gasteiger partial charge in [-0.15, -0.1) is 12.4 Å². The van der Waals surface area contributed by atoms with E-state index in [1.165, 1.54) is 11.8 Å². The Hall–Kier alpha value is -2.13. The highest BCUT2D eigenvalue weighted by Gasteiger charge is 2.54. The number of nitrogens with zero attached hydrogens (tertiary/aromatic N) is 2. The van der Waals surface area contributed by atoms with E-state index in [4.69, 9.17) is 10.5 Å². The molecule has 10 heteroatoms. The maximum absolute atomic E-state index is 14.6. The van der Waals surface area contributed by atoms with Gasteiger partial charge in [-0.2, -0.15) is 0 Å². The molecule has 4 rings (SSSR count). The summed E-state index contributed by atoms with van der Waals surface area (Å²) in [5.74, 6) is -1.07. The molecule has 0 spiro atoms. The molecule has 4 atom stereocenters. The maximum Gasteiger partial charge on any atom is 0.414 e. The van der Waals surface area contributed by atoms with Gasteiger partial charge in [-0.3, -0.25) is 9.69 Å². The lowest BCUT2D eigenvalue weighted by Gasteiger charge is -2.24. The first-order chi connectivity index (χ1) is 12.3. The molecule has 2 amide bonds. The summed E-state index contributed by atoms with van der Waals surface area (Å²) in [6, 6.07) is 2.42. The lowest BCUT2D eigenvalue weighted by molar-refractivity contribution is -0.119. The molecule has 1 saturated carbocycles. The molecule has 1 aliphatic carbocycles. The average Bonchev–Trinajstić information content (AvgIpc) is 2.93. The number of cyclic esters (lactones) is 1. The third kappa shape index (κ3) is 3.53. The zero-order valence-corrected chi connectivity index (χ0v) is 15.5. The van der Waals surface area contributed by atoms with E-state index in [-0.39, 0.29) is 48.8 Å². The second kappa shape index (κ2) is 7.12. The van der Waals surface area contributed by atoms with E-state index < -0.39 is 23.8 Å². The van der Waals surface area contributed by atoms with Gasteiger partial charge in [0.15, 0.2) is 11.6 Å². The summed E-state index contributed by atoms with van der Waals surface area (Å²) in [6.45, 7) is 2.71. The number of carbonyl (C=O) groups is 2. The number of carbonyl (C=O) groups excluding carboxylic acids is 2. The van der Waals surface area contributed by atoms with E-state index in [0.717, 1.165) is 12.1 Å². The minimum Gasteiger partial charge on any atom is -0.442 e. The minimum atomic E-state index is -0.715. The first kappa shape index (κ1) is 19.6. The van der Waals surface area contributed by atoms with Crippen molar-refractivity contribution in [2.45, 2.75) is 19.1 Å². The van der Waals surface area contributed by atoms with Crippen LogP contribution >= 0.6 is 12.4 Å². The van der Waals surface area contributed by atoms with Gasteiger partial charge in [0.1, 0.15) is 11.8 Å². The van der Waals surface area contributed by atoms with Gasteiger partial charge in [0, 0.05) is 38.2 Å². The Morgan fingerprint density at radius 3 is 2.41 bits per heavy atom. The second-order valence-electron chi connectivity index (χ2n) is 7.12. The number of hydrogen-bond acceptors (Lipinski definition) is 5. The Balaban J connectivity index is 0.00000210. The van der Waals surface area contributed by atoms with E-state index in [1.807, 2.05) is 0 Å². The van der Waals surface area contributed by atoms with Crippen molar-refractivity contribution in [3.63, 3.8) is 0 Å². The molecule has 148 valence electrons. The lowest BCUT2D eigenvalue weighted by Crippen LogP contribution is -2.33. The van der Waals surface area contributed by atoms with Crippen LogP contribution < -0.4 is 20.9 Å². The van der Waals surface area contributed by atoms with Gasteiger partial charge in [0.25, 0.3) is 0 Å². The highest BCUT2D eigenvalue weighted by Crippen LogP contribution is 2.46. The molecule has 3 N–H and O–H groups in total. The predicted octanol–water partition coefficient (Wildman–Crippen LogP) is 1.24. The molecule has 2 heterocycles. The second-order valence-corrected chi connectivity index (χ2v) is 7.12. The third-order valence-corrected chi connectivity index (χ3v) is 5.34. The van der Waals surface area contributed by atoms with Crippen molar-refractivity contribution in [1.82, 2.24) is 5.32 Å². The molecule has 27 heavy (non-hydrogen) atoms. The molecular formula is C17H21ClF2N4O3. The van der Waals surface area contributed by atoms with E-state index in [0.29, 0.717) is 24.9 Å². The van der Waals surface area contributed by atoms with Crippen LogP contribution in [0, 0.1) is 23.5 Å². The summed E-state index contributed by atoms with van der Waals surface area (Å²) in [5.41, 5.74) is 5.89. The minimum absolute atomic E-state index is 0. The summed E-state index contributed by atoms with van der Waals surface area (Å²) in [4.78, 5) is 25.8. The molecule has 2 aliphatic heterocycles. The largest absolute Gasteiger partial charge is 0.442 e. The Morgan fingerprint density at radius 2 is 1.85 bits per heavy atom. The highest BCUT2D eigenvalue weighted by atomic mass is 35.5. The first-order valence-corrected chi connectivity index (χ1v) is 8.57. The average molecular weight is 403 g/mol. The highest BCUT2D eigenvalue weighted by molar-refractivity contribution is 5.90. The number of rotatable bonds is 4. The van der Waals surface area contributed by atoms with Gasteiger partial charge in [0.2, 0.25) is 5.91 Å². The van der Waals surface area contributed by atoms with Crippen LogP contribution in [0.25, 0.3) is 0 Å². The van der Waals surface area contributed by atoms with Crippen LogP contribution in [0.2, 0.25) is 0 Å². The van der Waals surface area contributed by atoms with Crippen molar-refractivity contribution in [2.75, 3.05) is 36.0 Å². The molecule has 3 aliphatic rings. The Labute approximate surface area is 161 Å². The van der Waals surface area contributed by atoms with Crippen LogP contribution in [0.3, 0.4) is 0 Å². The van der Waals surface area contributed by atoms with Crippen molar-refractivity contribution in [3.05, 3.63) is 23.8 Å². The van der Waals surface area contributed by atoms with E-state index in [9.17, 15) is 18.4 Å². The number of fused-ring (bicyclic) bond motifs is 1. The van der Waals surface area contributed by atoms with Crippen LogP contribution in [0.5, 0.6) is 0 Å². The first-order valence-electron chi connectivity index (χ1n) is 8.57. The van der Waals surface area contributed by atoms with Gasteiger partial charge >= 0.3 is 6.09 Å². The lowest BCUT2D eigenvalue weighted by atomic mass is 10.2. The van der Waals surface area contributed by atoms with E-state index >= 15 is 0 Å². The number of nitrogens with two attached hydrogens (primary N) is 1. The Kier molecular flexibility index (Phi) is 5.18. The number of ether oxygens (including phenoxy) is 1. The fourth-order valence-corrected chi connectivity index (χ4v) is 3.86. The van der Waals surface area contributed by atoms with Gasteiger partial charge in [0.05, 0.1) is 18.8 Å². The number of piperidine rings is 1. The smallest absolute Gasteiger partial charge is 0.414 e. The summed E-state index contributed by atoms with van der Waals surface area (Å²) in [6.07, 6.45) is -1.26. The summed E-state index contributed by atoms with van der Waals surface area (Å²) in [5, 5.41) is 2.55. The number of benzene rings is 1. The number of anilines is 2. The maximum atomic E-state index is 14.6. The van der Waals surface area contributed by atoms with Crippen LogP contribution in [0.4, 0.5) is 25.0 Å². The van der Waals surface area contributed by atoms with Crippen molar-refractivity contribution in [2.24, 2.45) is 17.6 Å². The van der Waals surface area contributed by atoms with Crippen molar-refractivity contribution in [3.8, 4) is 0 Å². The van der Waals surface area contributed by atoms with Crippen molar-refractivity contribution in [1.29, 1.82) is 0 Å². The molecular weight excluding hydrogens is 382 g/mol. The number of halogens is 3. The molecule has 0 aromatic heterocycles. The monoisotopic (exact) mass is 402 g/mol. The number of nitrogens with one attached hydrogen (secondary N) is 1. The van der Waals surface area contributed by atoms with E-state index in [1.54, 1.807) is 4.90 Å². The Morgan fingerprint density at radius 1 is 1.26 bits per heavy atom. The normalized spacial score (nSPS) is 28.5. The SMILES string of the molecule is CC(=O)NC[C@H]1CN(c2cc(F)c(N3C[C@@H]4C(N)[C@@H]4C3)c(F)c2)C(=O)O1.Cl. The molecule has 2 saturated heterocycles. The summed E-state index contributed by atoms with van der Waals surface area (Å²) in [7, 11) is 0. The Bertz CT molecular complexity index is 746. The van der Waals surface area contributed by atoms with Crippen LogP contribution in [-0.4, -0.2) is 50.3 Å². The van der Waals surface area contributed by atoms with Crippen molar-refractivity contribution < 1.29 is 23.1 Å². The van der Waals surface area contributed by atoms with Gasteiger partial charge in [-0.05, 0) is 11.8 Å². The van der Waals surface area contributed by atoms with Crippen LogP contribution in [-0.2, 0) is 9.53 Å². The fraction of sp³-hybridized carbons (Fsp3) is 0.529. The number of amides is 2. The van der Waals surface area contributed by atoms with Gasteiger partial charge in [-0.1, -0.05) is 0 Å². The fourth-order valence-electron chi connectivity index (χ4n) is 3.86. The number of hydrogen-bond donors (Lipinski definition) is 2. The summed E-state index contributed by atoms with van der Waals surface area (Å²) < 4.78 is 34.3. The standard InChI is InChI=1S/C17H20F2N4O3.ClH/c1-8(24)21-4-10-5-23(17(25)26-10)9-2-13(18)16(14(19)3-9)22-6-11-12(7-22)15(11)20;/h2-3,10-12,15H,4-7,20H2,1H3,(H,21,24);1H/t10-,11-,12+,15?;/m0./s1. The zero-order valence-electron chi connectivity index (χ0n) is 14.7. The molecule has 1 aromatic rings. The molecule has 1 aromatic carbocycles.